The average Bonchev–Trinajstić information content (AvgIpc) is 2.55. The van der Waals surface area contributed by atoms with E-state index in [4.69, 9.17) is 17.1 Å². The van der Waals surface area contributed by atoms with Crippen LogP contribution in [-0.2, 0) is 29.0 Å². The predicted molar refractivity (Wildman–Crippen MR) is 121 cm³/mol. The highest BCUT2D eigenvalue weighted by Gasteiger charge is 1.91. The minimum Gasteiger partial charge on any atom is -0.469 e. The van der Waals surface area contributed by atoms with Crippen LogP contribution < -0.4 is 0 Å². The number of hydrogen-bond donors (Lipinski definition) is 0. The molecule has 0 spiro atoms. The predicted octanol–water partition coefficient (Wildman–Crippen LogP) is 2.78. The number of rotatable bonds is 0. The van der Waals surface area contributed by atoms with Crippen LogP contribution in [0, 0.1) is 29.2 Å². The van der Waals surface area contributed by atoms with Crippen LogP contribution in [0.2, 0.25) is 0 Å². The number of ether oxygens (including phenoxy) is 1. The quantitative estimate of drug-likeness (QED) is 0.304. The van der Waals surface area contributed by atoms with Gasteiger partial charge in [-0.05, 0) is 13.8 Å². The minimum absolute atomic E-state index is 0.0926. The Labute approximate surface area is 187 Å². The molecule has 0 atom stereocenters. The largest absolute Gasteiger partial charge is 0.469 e. The van der Waals surface area contributed by atoms with Crippen LogP contribution in [0.1, 0.15) is 48.5 Å². The van der Waals surface area contributed by atoms with E-state index < -0.39 is 9.84 Å². The number of hydrogen-bond acceptors (Lipinski definition) is 8. The van der Waals surface area contributed by atoms with E-state index in [1.807, 2.05) is 0 Å². The van der Waals surface area contributed by atoms with Gasteiger partial charge in [-0.15, -0.1) is 0 Å². The number of amides is 1. The summed E-state index contributed by atoms with van der Waals surface area (Å²) >= 11 is 0. The summed E-state index contributed by atoms with van der Waals surface area (Å²) in [5.74, 6) is 0.0139. The van der Waals surface area contributed by atoms with Crippen molar-refractivity contribution < 1.29 is 27.5 Å². The van der Waals surface area contributed by atoms with E-state index in [0.717, 1.165) is 18.1 Å². The third-order valence-electron chi connectivity index (χ3n) is 1.61. The van der Waals surface area contributed by atoms with Gasteiger partial charge in [0.05, 0.1) is 25.8 Å². The molecule has 178 valence electrons. The van der Waals surface area contributed by atoms with Crippen LogP contribution in [0.15, 0.2) is 11.3 Å². The van der Waals surface area contributed by atoms with Crippen LogP contribution in [0.4, 0.5) is 0 Å². The molecular weight excluding hydrogens is 424 g/mol. The molecule has 0 aliphatic heterocycles. The van der Waals surface area contributed by atoms with Crippen molar-refractivity contribution in [3.05, 3.63) is 22.7 Å². The van der Waals surface area contributed by atoms with Gasteiger partial charge in [-0.2, -0.15) is 5.26 Å². The van der Waals surface area contributed by atoms with Gasteiger partial charge in [-0.25, -0.2) is 18.5 Å². The molecule has 0 aromatic heterocycles. The molecule has 0 aromatic rings. The lowest BCUT2D eigenvalue weighted by Crippen LogP contribution is -2.17. The number of nitriles is 2. The van der Waals surface area contributed by atoms with Crippen molar-refractivity contribution in [2.24, 2.45) is 0 Å². The average molecular weight is 461 g/mol. The van der Waals surface area contributed by atoms with Crippen LogP contribution in [0.25, 0.3) is 4.85 Å². The Morgan fingerprint density at radius 1 is 0.968 bits per heavy atom. The summed E-state index contributed by atoms with van der Waals surface area (Å²) in [5.41, 5.74) is 0.979. The number of esters is 1. The molecule has 0 saturated heterocycles. The van der Waals surface area contributed by atoms with Gasteiger partial charge in [0.25, 0.3) is 5.70 Å². The number of Topliss-reactive ketones (excluding diaryl/α,β-unsaturated/α-hetero) is 1. The van der Waals surface area contributed by atoms with E-state index in [2.05, 4.69) is 9.58 Å². The zero-order chi connectivity index (χ0) is 26.8. The second kappa shape index (κ2) is 29.0. The minimum atomic E-state index is -2.67. The zero-order valence-corrected chi connectivity index (χ0v) is 21.5. The Kier molecular flexibility index (Phi) is 39.2. The van der Waals surface area contributed by atoms with Crippen molar-refractivity contribution in [2.45, 2.75) is 48.5 Å². The van der Waals surface area contributed by atoms with Crippen molar-refractivity contribution in [3.8, 4) is 12.1 Å². The summed E-state index contributed by atoms with van der Waals surface area (Å²) in [6, 6.07) is 3.53. The molecule has 11 heteroatoms. The third kappa shape index (κ3) is 142. The van der Waals surface area contributed by atoms with Gasteiger partial charge in [-0.3, -0.25) is 9.59 Å². The van der Waals surface area contributed by atoms with Crippen molar-refractivity contribution in [1.29, 1.82) is 10.5 Å². The Hall–Kier alpha value is -3.23. The van der Waals surface area contributed by atoms with Gasteiger partial charge < -0.3 is 14.4 Å². The molecule has 10 nitrogen and oxygen atoms in total. The number of nitrogens with zero attached hydrogens (tertiary/aromatic N) is 4. The number of sulfone groups is 1. The number of methoxy groups -OCH3 is 1. The third-order valence-corrected chi connectivity index (χ3v) is 1.61. The zero-order valence-electron chi connectivity index (χ0n) is 20.6. The molecule has 0 fully saturated rings. The number of carbonyl (C=O) groups excluding carboxylic acids is 3. The topological polar surface area (TPSA) is 150 Å². The van der Waals surface area contributed by atoms with Crippen LogP contribution >= 0.6 is 0 Å². The maximum absolute atomic E-state index is 10.1. The van der Waals surface area contributed by atoms with Crippen LogP contribution in [-0.4, -0.2) is 64.7 Å². The molecule has 0 saturated carbocycles. The Balaban J connectivity index is -0.0000000622. The van der Waals surface area contributed by atoms with Crippen molar-refractivity contribution in [1.82, 2.24) is 4.90 Å². The van der Waals surface area contributed by atoms with E-state index in [-0.39, 0.29) is 23.4 Å². The second-order valence-electron chi connectivity index (χ2n) is 5.96. The molecule has 0 N–H and O–H groups in total. The van der Waals surface area contributed by atoms with Crippen molar-refractivity contribution in [2.75, 3.05) is 33.7 Å². The molecule has 1 amide bonds. The summed E-state index contributed by atoms with van der Waals surface area (Å²) in [5, 5.41) is 15.5. The Morgan fingerprint density at radius 3 is 1.16 bits per heavy atom. The van der Waals surface area contributed by atoms with Gasteiger partial charge in [-0.1, -0.05) is 19.4 Å². The van der Waals surface area contributed by atoms with E-state index in [1.54, 1.807) is 40.1 Å². The fraction of sp³-hybridized carbons (Fsp3) is 0.600. The van der Waals surface area contributed by atoms with Gasteiger partial charge in [0.15, 0.2) is 0 Å². The molecule has 0 rings (SSSR count). The molecule has 0 unspecified atom stereocenters. The molecule has 0 heterocycles. The first-order chi connectivity index (χ1) is 13.8. The van der Waals surface area contributed by atoms with E-state index >= 15 is 0 Å². The molecular formula is C20H36N4O6S. The van der Waals surface area contributed by atoms with Gasteiger partial charge in [0, 0.05) is 47.4 Å². The summed E-state index contributed by atoms with van der Waals surface area (Å²) in [7, 11) is 2.13. The monoisotopic (exact) mass is 460 g/mol. The fourth-order valence-electron chi connectivity index (χ4n) is 0.249. The summed E-state index contributed by atoms with van der Waals surface area (Å²) in [6.07, 6.45) is 2.32. The van der Waals surface area contributed by atoms with E-state index in [0.29, 0.717) is 0 Å². The normalized spacial score (nSPS) is 7.26. The highest BCUT2D eigenvalue weighted by atomic mass is 32.2. The SMILES string of the molecule is CC#N.CC(=O)N(C)C.CC(C)=O.COC(C)=O.CS(C)(=O)=O.[C-]#[N+]C(C#N)=C(C)C. The highest BCUT2D eigenvalue weighted by Crippen LogP contribution is 2.00. The molecule has 0 bridgehead atoms. The van der Waals surface area contributed by atoms with E-state index in [9.17, 15) is 22.8 Å². The lowest BCUT2D eigenvalue weighted by molar-refractivity contribution is -0.138. The maximum atomic E-state index is 10.1. The molecule has 0 aromatic carbocycles. The summed E-state index contributed by atoms with van der Waals surface area (Å²) < 4.78 is 23.4. The Bertz CT molecular complexity index is 733. The summed E-state index contributed by atoms with van der Waals surface area (Å²) in [4.78, 5) is 33.6. The molecule has 0 aliphatic carbocycles. The first kappa shape index (κ1) is 42.0. The number of ketones is 1. The van der Waals surface area contributed by atoms with Crippen LogP contribution in [0.5, 0.6) is 0 Å². The molecule has 31 heavy (non-hydrogen) atoms. The lowest BCUT2D eigenvalue weighted by atomic mass is 10.3. The molecule has 0 radical (unpaired) electrons. The Morgan fingerprint density at radius 2 is 1.16 bits per heavy atom. The van der Waals surface area contributed by atoms with Gasteiger partial charge >= 0.3 is 5.97 Å². The van der Waals surface area contributed by atoms with Crippen molar-refractivity contribution >= 4 is 27.5 Å². The smallest absolute Gasteiger partial charge is 0.302 e. The van der Waals surface area contributed by atoms with Crippen molar-refractivity contribution in [3.63, 3.8) is 0 Å². The van der Waals surface area contributed by atoms with Crippen LogP contribution in [0.3, 0.4) is 0 Å². The van der Waals surface area contributed by atoms with Gasteiger partial charge in [0.1, 0.15) is 15.6 Å². The number of allylic oxidation sites excluding steroid dienone is 2. The second-order valence-corrected chi connectivity index (χ2v) is 8.24. The maximum Gasteiger partial charge on any atom is 0.302 e. The molecule has 0 aliphatic rings. The lowest BCUT2D eigenvalue weighted by Gasteiger charge is -2.02. The van der Waals surface area contributed by atoms with E-state index in [1.165, 1.54) is 46.6 Å². The fourth-order valence-corrected chi connectivity index (χ4v) is 0.249. The highest BCUT2D eigenvalue weighted by molar-refractivity contribution is 7.89. The first-order valence-corrected chi connectivity index (χ1v) is 10.7. The first-order valence-electron chi connectivity index (χ1n) is 8.39. The summed E-state index contributed by atoms with van der Waals surface area (Å²) in [6.45, 7) is 17.3. The standard InChI is InChI=1S/C6H6N2.C4H9NO.C3H6O2.C3H6O.C2H3N.C2H6O2S/c1-5(2)6(4-7)8-3;1-4(6)5(2)3;1-3(4)5-2;1-3(2)4;1-2-3;1-5(2,3)4/h1-2H3;1-3H3;1-2H3;1-2H3;1H3;1-2H3. The van der Waals surface area contributed by atoms with Gasteiger partial charge in [0.2, 0.25) is 5.91 Å². The number of carbonyl (C=O) groups is 3.